The van der Waals surface area contributed by atoms with Crippen LogP contribution in [0.4, 0.5) is 15.8 Å². The molecular formula is C8H11FN2O2S. The summed E-state index contributed by atoms with van der Waals surface area (Å²) in [5.74, 6) is -0.694. The van der Waals surface area contributed by atoms with Crippen LogP contribution >= 0.6 is 0 Å². The van der Waals surface area contributed by atoms with Crippen molar-refractivity contribution in [3.05, 3.63) is 24.0 Å². The summed E-state index contributed by atoms with van der Waals surface area (Å²) in [5.41, 5.74) is 5.40. The van der Waals surface area contributed by atoms with Gasteiger partial charge in [0.1, 0.15) is 5.82 Å². The van der Waals surface area contributed by atoms with Crippen molar-refractivity contribution in [2.75, 3.05) is 16.2 Å². The Morgan fingerprint density at radius 3 is 2.64 bits per heavy atom. The monoisotopic (exact) mass is 218 g/mol. The van der Waals surface area contributed by atoms with Crippen LogP contribution in [0.15, 0.2) is 18.2 Å². The van der Waals surface area contributed by atoms with Crippen LogP contribution in [0.1, 0.15) is 6.92 Å². The maximum atomic E-state index is 12.9. The first kappa shape index (κ1) is 10.8. The Morgan fingerprint density at radius 1 is 1.50 bits per heavy atom. The Hall–Kier alpha value is -1.30. The van der Waals surface area contributed by atoms with Gasteiger partial charge in [-0.05, 0) is 19.1 Å². The van der Waals surface area contributed by atoms with Crippen LogP contribution in [0.5, 0.6) is 0 Å². The molecular weight excluding hydrogens is 207 g/mol. The van der Waals surface area contributed by atoms with Crippen molar-refractivity contribution in [3.63, 3.8) is 0 Å². The van der Waals surface area contributed by atoms with E-state index in [2.05, 4.69) is 4.72 Å². The highest BCUT2D eigenvalue weighted by Crippen LogP contribution is 2.16. The highest BCUT2D eigenvalue weighted by atomic mass is 32.2. The van der Waals surface area contributed by atoms with Crippen LogP contribution in [0.2, 0.25) is 0 Å². The van der Waals surface area contributed by atoms with E-state index in [4.69, 9.17) is 5.73 Å². The fraction of sp³-hybridized carbons (Fsp3) is 0.250. The standard InChI is InChI=1S/C8H11FN2O2S/c1-2-14(12,13)11-6-3-4-8(10)7(9)5-6/h3-5,11H,2,10H2,1H3. The predicted octanol–water partition coefficient (Wildman–Crippen LogP) is 1.17. The third-order valence-corrected chi connectivity index (χ3v) is 2.96. The second-order valence-corrected chi connectivity index (χ2v) is 4.75. The first-order valence-electron chi connectivity index (χ1n) is 4.00. The molecule has 3 N–H and O–H groups in total. The number of halogens is 1. The van der Waals surface area contributed by atoms with Gasteiger partial charge in [-0.2, -0.15) is 0 Å². The number of hydrogen-bond acceptors (Lipinski definition) is 3. The molecule has 1 aromatic carbocycles. The minimum absolute atomic E-state index is 0.00977. The van der Waals surface area contributed by atoms with E-state index in [1.807, 2.05) is 0 Å². The van der Waals surface area contributed by atoms with E-state index < -0.39 is 15.8 Å². The van der Waals surface area contributed by atoms with Gasteiger partial charge in [0.25, 0.3) is 0 Å². The van der Waals surface area contributed by atoms with Gasteiger partial charge >= 0.3 is 0 Å². The summed E-state index contributed by atoms with van der Waals surface area (Å²) in [6, 6.07) is 3.76. The zero-order valence-electron chi connectivity index (χ0n) is 7.62. The molecule has 6 heteroatoms. The fourth-order valence-electron chi connectivity index (χ4n) is 0.842. The van der Waals surface area contributed by atoms with E-state index >= 15 is 0 Å². The van der Waals surface area contributed by atoms with Gasteiger partial charge in [0.15, 0.2) is 0 Å². The third-order valence-electron chi connectivity index (χ3n) is 1.65. The van der Waals surface area contributed by atoms with Crippen molar-refractivity contribution in [3.8, 4) is 0 Å². The molecule has 0 spiro atoms. The number of sulfonamides is 1. The summed E-state index contributed by atoms with van der Waals surface area (Å²) in [6.07, 6.45) is 0. The van der Waals surface area contributed by atoms with Gasteiger partial charge in [-0.25, -0.2) is 12.8 Å². The molecule has 0 heterocycles. The summed E-state index contributed by atoms with van der Waals surface area (Å²) in [6.45, 7) is 1.50. The molecule has 0 fully saturated rings. The average molecular weight is 218 g/mol. The summed E-state index contributed by atoms with van der Waals surface area (Å²) in [4.78, 5) is 0. The number of nitrogen functional groups attached to an aromatic ring is 1. The van der Waals surface area contributed by atoms with E-state index in [0.717, 1.165) is 6.07 Å². The number of anilines is 2. The zero-order valence-corrected chi connectivity index (χ0v) is 8.44. The molecule has 0 aliphatic heterocycles. The molecule has 0 aliphatic rings. The lowest BCUT2D eigenvalue weighted by atomic mass is 10.3. The lowest BCUT2D eigenvalue weighted by Gasteiger charge is -2.06. The van der Waals surface area contributed by atoms with Crippen molar-refractivity contribution in [1.29, 1.82) is 0 Å². The van der Waals surface area contributed by atoms with Gasteiger partial charge < -0.3 is 5.73 Å². The largest absolute Gasteiger partial charge is 0.396 e. The maximum absolute atomic E-state index is 12.9. The SMILES string of the molecule is CCS(=O)(=O)Nc1ccc(N)c(F)c1. The molecule has 0 unspecified atom stereocenters. The number of hydrogen-bond donors (Lipinski definition) is 2. The van der Waals surface area contributed by atoms with Crippen LogP contribution in [0.3, 0.4) is 0 Å². The Balaban J connectivity index is 2.94. The molecule has 0 saturated carbocycles. The molecule has 0 amide bonds. The van der Waals surface area contributed by atoms with E-state index in [9.17, 15) is 12.8 Å². The van der Waals surface area contributed by atoms with E-state index in [1.165, 1.54) is 19.1 Å². The molecule has 0 aliphatic carbocycles. The molecule has 1 rings (SSSR count). The minimum Gasteiger partial charge on any atom is -0.396 e. The molecule has 1 aromatic rings. The van der Waals surface area contributed by atoms with Gasteiger partial charge in [-0.1, -0.05) is 0 Å². The van der Waals surface area contributed by atoms with E-state index in [1.54, 1.807) is 0 Å². The van der Waals surface area contributed by atoms with Crippen LogP contribution in [-0.2, 0) is 10.0 Å². The maximum Gasteiger partial charge on any atom is 0.232 e. The number of nitrogens with one attached hydrogen (secondary N) is 1. The normalized spacial score (nSPS) is 11.3. The Bertz CT molecular complexity index is 431. The van der Waals surface area contributed by atoms with Crippen LogP contribution < -0.4 is 10.5 Å². The average Bonchev–Trinajstić information content (AvgIpc) is 2.11. The highest BCUT2D eigenvalue weighted by molar-refractivity contribution is 7.92. The predicted molar refractivity (Wildman–Crippen MR) is 53.9 cm³/mol. The van der Waals surface area contributed by atoms with Crippen molar-refractivity contribution in [2.45, 2.75) is 6.92 Å². The topological polar surface area (TPSA) is 72.2 Å². The summed E-state index contributed by atoms with van der Waals surface area (Å²) < 4.78 is 37.3. The molecule has 4 nitrogen and oxygen atoms in total. The smallest absolute Gasteiger partial charge is 0.232 e. The van der Waals surface area contributed by atoms with Gasteiger partial charge in [-0.3, -0.25) is 4.72 Å². The quantitative estimate of drug-likeness (QED) is 0.748. The fourth-order valence-corrected chi connectivity index (χ4v) is 1.47. The van der Waals surface area contributed by atoms with Crippen LogP contribution in [-0.4, -0.2) is 14.2 Å². The minimum atomic E-state index is -3.36. The molecule has 78 valence electrons. The lowest BCUT2D eigenvalue weighted by molar-refractivity contribution is 0.602. The van der Waals surface area contributed by atoms with Gasteiger partial charge in [0, 0.05) is 6.07 Å². The summed E-state index contributed by atoms with van der Waals surface area (Å²) in [7, 11) is -3.36. The first-order valence-corrected chi connectivity index (χ1v) is 5.65. The summed E-state index contributed by atoms with van der Waals surface area (Å²) in [5, 5.41) is 0. The Kier molecular flexibility index (Phi) is 2.95. The number of nitrogens with two attached hydrogens (primary N) is 1. The summed E-state index contributed by atoms with van der Waals surface area (Å²) >= 11 is 0. The Labute approximate surface area is 82.0 Å². The lowest BCUT2D eigenvalue weighted by Crippen LogP contribution is -2.14. The second-order valence-electron chi connectivity index (χ2n) is 2.74. The molecule has 0 aromatic heterocycles. The Morgan fingerprint density at radius 2 is 2.14 bits per heavy atom. The molecule has 14 heavy (non-hydrogen) atoms. The van der Waals surface area contributed by atoms with Crippen LogP contribution in [0.25, 0.3) is 0 Å². The van der Waals surface area contributed by atoms with Crippen molar-refractivity contribution in [1.82, 2.24) is 0 Å². The number of rotatable bonds is 3. The van der Waals surface area contributed by atoms with Gasteiger partial charge in [0.2, 0.25) is 10.0 Å². The van der Waals surface area contributed by atoms with Gasteiger partial charge in [-0.15, -0.1) is 0 Å². The van der Waals surface area contributed by atoms with Gasteiger partial charge in [0.05, 0.1) is 17.1 Å². The number of benzene rings is 1. The molecule has 0 saturated heterocycles. The third kappa shape index (κ3) is 2.59. The van der Waals surface area contributed by atoms with Crippen LogP contribution in [0, 0.1) is 5.82 Å². The van der Waals surface area contributed by atoms with E-state index in [-0.39, 0.29) is 17.1 Å². The highest BCUT2D eigenvalue weighted by Gasteiger charge is 2.07. The van der Waals surface area contributed by atoms with Crippen molar-refractivity contribution < 1.29 is 12.8 Å². The molecule has 0 bridgehead atoms. The zero-order chi connectivity index (χ0) is 10.8. The van der Waals surface area contributed by atoms with Crippen molar-refractivity contribution >= 4 is 21.4 Å². The first-order chi connectivity index (χ1) is 6.44. The van der Waals surface area contributed by atoms with E-state index in [0.29, 0.717) is 0 Å². The van der Waals surface area contributed by atoms with Crippen molar-refractivity contribution in [2.24, 2.45) is 0 Å². The molecule has 0 atom stereocenters. The molecule has 0 radical (unpaired) electrons. The second kappa shape index (κ2) is 3.83.